The first-order chi connectivity index (χ1) is 13.1. The van der Waals surface area contributed by atoms with Crippen molar-refractivity contribution in [3.8, 4) is 17.6 Å². The Morgan fingerprint density at radius 3 is 2.22 bits per heavy atom. The zero-order valence-electron chi connectivity index (χ0n) is 15.0. The Labute approximate surface area is 157 Å². The van der Waals surface area contributed by atoms with Crippen molar-refractivity contribution in [1.29, 1.82) is 5.26 Å². The zero-order chi connectivity index (χ0) is 19.5. The Morgan fingerprint density at radius 1 is 1.00 bits per heavy atom. The number of carbonyl (C=O) groups is 2. The fourth-order valence-corrected chi connectivity index (χ4v) is 2.22. The van der Waals surface area contributed by atoms with Gasteiger partial charge < -0.3 is 20.1 Å². The van der Waals surface area contributed by atoms with Crippen LogP contribution in [0.2, 0.25) is 0 Å². The van der Waals surface area contributed by atoms with E-state index >= 15 is 0 Å². The standard InChI is InChI=1S/C20H21N3O4/c1-2-26-17-7-9-18(10-8-17)27-14-13-22-20(25)15-3-5-16(6-4-15)23-19(24)11-12-21/h3-10H,2,11,13-14H2,1H3,(H,22,25)(H,23,24). The summed E-state index contributed by atoms with van der Waals surface area (Å²) in [5.41, 5.74) is 1.000. The first-order valence-corrected chi connectivity index (χ1v) is 8.53. The highest BCUT2D eigenvalue weighted by Crippen LogP contribution is 2.17. The van der Waals surface area contributed by atoms with Crippen LogP contribution >= 0.6 is 0 Å². The van der Waals surface area contributed by atoms with Gasteiger partial charge in [-0.05, 0) is 55.5 Å². The molecule has 2 aromatic rings. The molecule has 0 aliphatic heterocycles. The number of anilines is 1. The molecule has 2 rings (SSSR count). The Bertz CT molecular complexity index is 795. The van der Waals surface area contributed by atoms with Crippen molar-refractivity contribution in [2.45, 2.75) is 13.3 Å². The van der Waals surface area contributed by atoms with Crippen LogP contribution in [0.3, 0.4) is 0 Å². The molecule has 0 bridgehead atoms. The van der Waals surface area contributed by atoms with Gasteiger partial charge in [-0.1, -0.05) is 0 Å². The number of rotatable bonds is 9. The summed E-state index contributed by atoms with van der Waals surface area (Å²) >= 11 is 0. The third-order valence-corrected chi connectivity index (χ3v) is 3.46. The highest BCUT2D eigenvalue weighted by molar-refractivity contribution is 5.96. The number of ether oxygens (including phenoxy) is 2. The van der Waals surface area contributed by atoms with Gasteiger partial charge in [-0.3, -0.25) is 9.59 Å². The molecule has 0 heterocycles. The number of amides is 2. The number of hydrogen-bond acceptors (Lipinski definition) is 5. The summed E-state index contributed by atoms with van der Waals surface area (Å²) in [4.78, 5) is 23.4. The maximum absolute atomic E-state index is 12.1. The van der Waals surface area contributed by atoms with Crippen LogP contribution in [0.15, 0.2) is 48.5 Å². The number of nitrogens with one attached hydrogen (secondary N) is 2. The Morgan fingerprint density at radius 2 is 1.63 bits per heavy atom. The lowest BCUT2D eigenvalue weighted by molar-refractivity contribution is -0.115. The summed E-state index contributed by atoms with van der Waals surface area (Å²) in [7, 11) is 0. The van der Waals surface area contributed by atoms with Crippen LogP contribution in [0, 0.1) is 11.3 Å². The minimum Gasteiger partial charge on any atom is -0.494 e. The van der Waals surface area contributed by atoms with Gasteiger partial charge in [0.15, 0.2) is 0 Å². The summed E-state index contributed by atoms with van der Waals surface area (Å²) in [6.07, 6.45) is -0.212. The van der Waals surface area contributed by atoms with Crippen LogP contribution in [0.4, 0.5) is 5.69 Å². The Hall–Kier alpha value is -3.53. The Kier molecular flexibility index (Phi) is 7.67. The lowest BCUT2D eigenvalue weighted by atomic mass is 10.2. The van der Waals surface area contributed by atoms with Gasteiger partial charge >= 0.3 is 0 Å². The average Bonchev–Trinajstić information content (AvgIpc) is 2.67. The second kappa shape index (κ2) is 10.5. The molecule has 0 fully saturated rings. The Balaban J connectivity index is 1.73. The molecule has 0 atom stereocenters. The SMILES string of the molecule is CCOc1ccc(OCCNC(=O)c2ccc(NC(=O)CC#N)cc2)cc1. The van der Waals surface area contributed by atoms with Crippen molar-refractivity contribution in [2.24, 2.45) is 0 Å². The topological polar surface area (TPSA) is 100 Å². The van der Waals surface area contributed by atoms with E-state index in [0.717, 1.165) is 5.75 Å². The van der Waals surface area contributed by atoms with Gasteiger partial charge in [0, 0.05) is 11.3 Å². The number of carbonyl (C=O) groups excluding carboxylic acids is 2. The van der Waals surface area contributed by atoms with E-state index < -0.39 is 0 Å². The third-order valence-electron chi connectivity index (χ3n) is 3.46. The highest BCUT2D eigenvalue weighted by Gasteiger charge is 2.06. The van der Waals surface area contributed by atoms with E-state index in [4.69, 9.17) is 14.7 Å². The van der Waals surface area contributed by atoms with E-state index in [1.54, 1.807) is 30.3 Å². The maximum atomic E-state index is 12.1. The maximum Gasteiger partial charge on any atom is 0.251 e. The molecule has 27 heavy (non-hydrogen) atoms. The minimum absolute atomic E-state index is 0.212. The number of hydrogen-bond donors (Lipinski definition) is 2. The van der Waals surface area contributed by atoms with Crippen molar-refractivity contribution in [2.75, 3.05) is 25.1 Å². The number of nitriles is 1. The third kappa shape index (κ3) is 6.71. The molecule has 0 unspecified atom stereocenters. The molecule has 7 heteroatoms. The van der Waals surface area contributed by atoms with Crippen LogP contribution in [0.5, 0.6) is 11.5 Å². The molecule has 2 N–H and O–H groups in total. The van der Waals surface area contributed by atoms with Gasteiger partial charge in [0.1, 0.15) is 24.5 Å². The zero-order valence-corrected chi connectivity index (χ0v) is 15.0. The van der Waals surface area contributed by atoms with Crippen molar-refractivity contribution >= 4 is 17.5 Å². The molecule has 7 nitrogen and oxygen atoms in total. The molecule has 0 saturated heterocycles. The lowest BCUT2D eigenvalue weighted by Gasteiger charge is -2.09. The van der Waals surface area contributed by atoms with E-state index in [1.807, 2.05) is 31.2 Å². The molecular weight excluding hydrogens is 346 g/mol. The van der Waals surface area contributed by atoms with Crippen LogP contribution in [0.25, 0.3) is 0 Å². The normalized spacial score (nSPS) is 9.78. The van der Waals surface area contributed by atoms with Crippen molar-refractivity contribution < 1.29 is 19.1 Å². The summed E-state index contributed by atoms with van der Waals surface area (Å²) in [6, 6.07) is 15.5. The minimum atomic E-state index is -0.388. The van der Waals surface area contributed by atoms with Gasteiger partial charge in [0.25, 0.3) is 5.91 Å². The van der Waals surface area contributed by atoms with E-state index in [9.17, 15) is 9.59 Å². The monoisotopic (exact) mass is 367 g/mol. The number of benzene rings is 2. The van der Waals surface area contributed by atoms with Crippen molar-refractivity contribution in [1.82, 2.24) is 5.32 Å². The van der Waals surface area contributed by atoms with Crippen LogP contribution in [-0.4, -0.2) is 31.6 Å². The quantitative estimate of drug-likeness (QED) is 0.664. The van der Waals surface area contributed by atoms with Crippen LogP contribution < -0.4 is 20.1 Å². The van der Waals surface area contributed by atoms with E-state index in [1.165, 1.54) is 0 Å². The van der Waals surface area contributed by atoms with Gasteiger partial charge in [-0.15, -0.1) is 0 Å². The van der Waals surface area contributed by atoms with Crippen molar-refractivity contribution in [3.05, 3.63) is 54.1 Å². The first-order valence-electron chi connectivity index (χ1n) is 8.53. The summed E-state index contributed by atoms with van der Waals surface area (Å²) in [6.45, 7) is 3.22. The molecule has 0 aromatic heterocycles. The molecule has 0 spiro atoms. The van der Waals surface area contributed by atoms with Gasteiger partial charge in [0.2, 0.25) is 5.91 Å². The molecule has 2 amide bonds. The molecule has 140 valence electrons. The van der Waals surface area contributed by atoms with E-state index in [0.29, 0.717) is 36.8 Å². The second-order valence-corrected chi connectivity index (χ2v) is 5.47. The summed E-state index contributed by atoms with van der Waals surface area (Å²) in [5, 5.41) is 13.8. The van der Waals surface area contributed by atoms with E-state index in [-0.39, 0.29) is 18.2 Å². The fraction of sp³-hybridized carbons (Fsp3) is 0.250. The van der Waals surface area contributed by atoms with Gasteiger partial charge in [0.05, 0.1) is 19.2 Å². The molecule has 0 radical (unpaired) electrons. The lowest BCUT2D eigenvalue weighted by Crippen LogP contribution is -2.28. The number of nitrogens with zero attached hydrogens (tertiary/aromatic N) is 1. The average molecular weight is 367 g/mol. The molecular formula is C20H21N3O4. The summed E-state index contributed by atoms with van der Waals surface area (Å²) in [5.74, 6) is 0.858. The predicted molar refractivity (Wildman–Crippen MR) is 101 cm³/mol. The second-order valence-electron chi connectivity index (χ2n) is 5.47. The van der Waals surface area contributed by atoms with Gasteiger partial charge in [-0.2, -0.15) is 5.26 Å². The molecule has 0 aliphatic carbocycles. The molecule has 0 aliphatic rings. The largest absolute Gasteiger partial charge is 0.494 e. The molecule has 0 saturated carbocycles. The predicted octanol–water partition coefficient (Wildman–Crippen LogP) is 2.75. The van der Waals surface area contributed by atoms with Crippen molar-refractivity contribution in [3.63, 3.8) is 0 Å². The van der Waals surface area contributed by atoms with Crippen LogP contribution in [-0.2, 0) is 4.79 Å². The first kappa shape index (κ1) is 19.8. The highest BCUT2D eigenvalue weighted by atomic mass is 16.5. The van der Waals surface area contributed by atoms with Gasteiger partial charge in [-0.25, -0.2) is 0 Å². The summed E-state index contributed by atoms with van der Waals surface area (Å²) < 4.78 is 10.9. The molecule has 2 aromatic carbocycles. The van der Waals surface area contributed by atoms with Crippen LogP contribution in [0.1, 0.15) is 23.7 Å². The smallest absolute Gasteiger partial charge is 0.251 e. The fourth-order valence-electron chi connectivity index (χ4n) is 2.22. The van der Waals surface area contributed by atoms with E-state index in [2.05, 4.69) is 10.6 Å².